The molecule has 6 rings (SSSR count). The molecule has 0 bridgehead atoms. The van der Waals surface area contributed by atoms with Gasteiger partial charge in [-0.3, -0.25) is 9.59 Å². The summed E-state index contributed by atoms with van der Waals surface area (Å²) in [4.78, 5) is 34.2. The molecule has 188 valence electrons. The molecule has 7 heteroatoms. The minimum atomic E-state index is -1.58. The number of nitrogens with zero attached hydrogens (tertiary/aromatic N) is 2. The number of fused-ring (bicyclic) bond motifs is 6. The third kappa shape index (κ3) is 3.25. The Balaban J connectivity index is 1.24. The normalized spacial score (nSPS) is 39.2. The first kappa shape index (κ1) is 23.5. The Hall–Kier alpha value is -2.90. The van der Waals surface area contributed by atoms with Crippen LogP contribution in [0.2, 0.25) is 0 Å². The summed E-state index contributed by atoms with van der Waals surface area (Å²) in [5, 5.41) is 23.3. The van der Waals surface area contributed by atoms with Crippen LogP contribution in [0, 0.1) is 28.6 Å². The Morgan fingerprint density at radius 2 is 1.97 bits per heavy atom. The fourth-order valence-corrected chi connectivity index (χ4v) is 8.06. The first-order chi connectivity index (χ1) is 17.2. The molecule has 1 aromatic heterocycles. The van der Waals surface area contributed by atoms with Gasteiger partial charge in [0.05, 0.1) is 23.3 Å². The van der Waals surface area contributed by atoms with Gasteiger partial charge in [0.1, 0.15) is 5.60 Å². The maximum absolute atomic E-state index is 13.5. The van der Waals surface area contributed by atoms with Gasteiger partial charge in [0.15, 0.2) is 12.4 Å². The first-order valence-corrected chi connectivity index (χ1v) is 12.9. The Kier molecular flexibility index (Phi) is 5.25. The highest BCUT2D eigenvalue weighted by molar-refractivity contribution is 6.01. The SMILES string of the molecule is CC12C=CC(=O)C=C1CCC1C2C(O)CC2(C)C1CC[C@]2(O)C(=O)COc1cnc2ccccc2n1. The highest BCUT2D eigenvalue weighted by Gasteiger charge is 2.68. The van der Waals surface area contributed by atoms with Crippen molar-refractivity contribution in [1.29, 1.82) is 0 Å². The van der Waals surface area contributed by atoms with E-state index < -0.39 is 17.1 Å². The second-order valence-corrected chi connectivity index (χ2v) is 11.5. The third-order valence-electron chi connectivity index (χ3n) is 9.89. The van der Waals surface area contributed by atoms with Gasteiger partial charge in [-0.15, -0.1) is 0 Å². The van der Waals surface area contributed by atoms with Crippen molar-refractivity contribution >= 4 is 22.6 Å². The number of allylic oxidation sites excluding steroid dienone is 4. The number of hydrogen-bond donors (Lipinski definition) is 2. The average Bonchev–Trinajstić information content (AvgIpc) is 3.13. The predicted molar refractivity (Wildman–Crippen MR) is 133 cm³/mol. The van der Waals surface area contributed by atoms with Gasteiger partial charge in [-0.2, -0.15) is 0 Å². The largest absolute Gasteiger partial charge is 0.468 e. The van der Waals surface area contributed by atoms with Crippen LogP contribution >= 0.6 is 0 Å². The summed E-state index contributed by atoms with van der Waals surface area (Å²) in [6.45, 7) is 3.78. The number of aliphatic hydroxyl groups is 2. The van der Waals surface area contributed by atoms with Crippen LogP contribution in [-0.2, 0) is 9.59 Å². The van der Waals surface area contributed by atoms with E-state index in [0.717, 1.165) is 30.4 Å². The summed E-state index contributed by atoms with van der Waals surface area (Å²) in [5.74, 6) is 0.0955. The first-order valence-electron chi connectivity index (χ1n) is 12.9. The van der Waals surface area contributed by atoms with Crippen molar-refractivity contribution in [2.45, 2.75) is 57.7 Å². The Morgan fingerprint density at radius 1 is 1.19 bits per heavy atom. The van der Waals surface area contributed by atoms with Gasteiger partial charge in [0.2, 0.25) is 11.7 Å². The quantitative estimate of drug-likeness (QED) is 0.677. The van der Waals surface area contributed by atoms with E-state index in [4.69, 9.17) is 4.74 Å². The van der Waals surface area contributed by atoms with Crippen molar-refractivity contribution in [1.82, 2.24) is 9.97 Å². The number of carbonyl (C=O) groups excluding carboxylic acids is 2. The van der Waals surface area contributed by atoms with Crippen LogP contribution in [0.4, 0.5) is 0 Å². The number of benzene rings is 1. The molecule has 1 heterocycles. The summed E-state index contributed by atoms with van der Waals surface area (Å²) in [6.07, 6.45) is 9.17. The molecule has 36 heavy (non-hydrogen) atoms. The van der Waals surface area contributed by atoms with E-state index in [1.54, 1.807) is 12.2 Å². The fourth-order valence-electron chi connectivity index (χ4n) is 8.06. The van der Waals surface area contributed by atoms with E-state index >= 15 is 0 Å². The van der Waals surface area contributed by atoms with Gasteiger partial charge in [0, 0.05) is 16.7 Å². The second-order valence-electron chi connectivity index (χ2n) is 11.5. The molecule has 0 radical (unpaired) electrons. The molecule has 0 saturated heterocycles. The van der Waals surface area contributed by atoms with E-state index in [-0.39, 0.29) is 47.2 Å². The summed E-state index contributed by atoms with van der Waals surface area (Å²) >= 11 is 0. The van der Waals surface area contributed by atoms with Gasteiger partial charge in [0.25, 0.3) is 0 Å². The molecular weight excluding hydrogens is 456 g/mol. The van der Waals surface area contributed by atoms with Gasteiger partial charge >= 0.3 is 0 Å². The zero-order valence-corrected chi connectivity index (χ0v) is 20.7. The zero-order valence-electron chi connectivity index (χ0n) is 20.7. The molecule has 3 saturated carbocycles. The zero-order chi connectivity index (χ0) is 25.3. The standard InChI is InChI=1S/C29H32N2O5/c1-27-11-9-18(32)13-17(27)7-8-19-20-10-12-29(35,28(20,2)14-23(33)26(19)27)24(34)16-36-25-15-30-21-5-3-4-6-22(21)31-25/h3-6,9,11,13,15,19-20,23,26,33,35H,7-8,10,12,14,16H2,1-2H3/t19?,20?,23?,26?,27?,28?,29-/m0/s1. The van der Waals surface area contributed by atoms with E-state index in [1.807, 2.05) is 37.3 Å². The van der Waals surface area contributed by atoms with Gasteiger partial charge in [-0.25, -0.2) is 9.97 Å². The molecule has 7 nitrogen and oxygen atoms in total. The van der Waals surface area contributed by atoms with Gasteiger partial charge in [-0.05, 0) is 68.2 Å². The van der Waals surface area contributed by atoms with Crippen LogP contribution in [0.1, 0.15) is 46.0 Å². The third-order valence-corrected chi connectivity index (χ3v) is 9.89. The minimum Gasteiger partial charge on any atom is -0.468 e. The number of para-hydroxylation sites is 2. The molecule has 0 spiro atoms. The van der Waals surface area contributed by atoms with Gasteiger partial charge < -0.3 is 14.9 Å². The molecule has 1 aromatic carbocycles. The molecule has 0 aliphatic heterocycles. The number of rotatable bonds is 4. The number of Topliss-reactive ketones (excluding diaryl/α,β-unsaturated/α-hetero) is 1. The lowest BCUT2D eigenvalue weighted by Crippen LogP contribution is -2.61. The van der Waals surface area contributed by atoms with Crippen molar-refractivity contribution in [2.24, 2.45) is 28.6 Å². The number of ketones is 2. The molecule has 3 fully saturated rings. The lowest BCUT2D eigenvalue weighted by atomic mass is 9.46. The number of carbonyl (C=O) groups is 2. The molecule has 6 unspecified atom stereocenters. The summed E-state index contributed by atoms with van der Waals surface area (Å²) in [5.41, 5.74) is -0.206. The molecule has 4 aliphatic carbocycles. The highest BCUT2D eigenvalue weighted by atomic mass is 16.5. The number of aliphatic hydroxyl groups excluding tert-OH is 1. The number of ether oxygens (including phenoxy) is 1. The maximum atomic E-state index is 13.5. The molecular formula is C29H32N2O5. The van der Waals surface area contributed by atoms with Gasteiger partial charge in [-0.1, -0.05) is 37.6 Å². The lowest BCUT2D eigenvalue weighted by Gasteiger charge is -2.59. The van der Waals surface area contributed by atoms with Crippen LogP contribution in [0.3, 0.4) is 0 Å². The van der Waals surface area contributed by atoms with Crippen molar-refractivity contribution < 1.29 is 24.5 Å². The number of hydrogen-bond acceptors (Lipinski definition) is 7. The van der Waals surface area contributed by atoms with Crippen LogP contribution in [0.25, 0.3) is 11.0 Å². The molecule has 4 aliphatic rings. The topological polar surface area (TPSA) is 110 Å². The summed E-state index contributed by atoms with van der Waals surface area (Å²) in [7, 11) is 0. The second kappa shape index (κ2) is 8.05. The van der Waals surface area contributed by atoms with Crippen LogP contribution in [-0.4, -0.2) is 50.1 Å². The van der Waals surface area contributed by atoms with E-state index in [0.29, 0.717) is 18.4 Å². The smallest absolute Gasteiger partial charge is 0.233 e. The van der Waals surface area contributed by atoms with Crippen molar-refractivity contribution in [3.8, 4) is 5.88 Å². The molecule has 2 N–H and O–H groups in total. The average molecular weight is 489 g/mol. The van der Waals surface area contributed by atoms with Crippen molar-refractivity contribution in [3.63, 3.8) is 0 Å². The predicted octanol–water partition coefficient (Wildman–Crippen LogP) is 3.59. The van der Waals surface area contributed by atoms with E-state index in [9.17, 15) is 19.8 Å². The van der Waals surface area contributed by atoms with Crippen molar-refractivity contribution in [2.75, 3.05) is 6.61 Å². The Bertz CT molecular complexity index is 1320. The fraction of sp³-hybridized carbons (Fsp3) is 0.517. The molecule has 7 atom stereocenters. The summed E-state index contributed by atoms with van der Waals surface area (Å²) in [6, 6.07) is 7.42. The Morgan fingerprint density at radius 3 is 2.78 bits per heavy atom. The van der Waals surface area contributed by atoms with E-state index in [1.165, 1.54) is 6.20 Å². The van der Waals surface area contributed by atoms with Crippen LogP contribution < -0.4 is 4.74 Å². The minimum absolute atomic E-state index is 0.00741. The molecule has 2 aromatic rings. The monoisotopic (exact) mass is 488 g/mol. The molecule has 0 amide bonds. The van der Waals surface area contributed by atoms with Crippen LogP contribution in [0.5, 0.6) is 5.88 Å². The Labute approximate surface area is 210 Å². The highest BCUT2D eigenvalue weighted by Crippen LogP contribution is 2.67. The van der Waals surface area contributed by atoms with E-state index in [2.05, 4.69) is 16.9 Å². The number of aromatic nitrogens is 2. The van der Waals surface area contributed by atoms with Crippen molar-refractivity contribution in [3.05, 3.63) is 54.3 Å². The van der Waals surface area contributed by atoms with Crippen LogP contribution in [0.15, 0.2) is 54.3 Å². The maximum Gasteiger partial charge on any atom is 0.233 e. The summed E-state index contributed by atoms with van der Waals surface area (Å²) < 4.78 is 5.71. The lowest BCUT2D eigenvalue weighted by molar-refractivity contribution is -0.178.